The summed E-state index contributed by atoms with van der Waals surface area (Å²) >= 11 is 0. The van der Waals surface area contributed by atoms with Crippen LogP contribution in [0.3, 0.4) is 0 Å². The first kappa shape index (κ1) is 12.4. The van der Waals surface area contributed by atoms with Crippen LogP contribution in [0.4, 0.5) is 0 Å². The van der Waals surface area contributed by atoms with Crippen molar-refractivity contribution in [2.24, 2.45) is 17.8 Å². The summed E-state index contributed by atoms with van der Waals surface area (Å²) in [5.41, 5.74) is 0. The fraction of sp³-hybridized carbons (Fsp3) is 0.846. The predicted molar refractivity (Wildman–Crippen MR) is 63.2 cm³/mol. The van der Waals surface area contributed by atoms with Crippen LogP contribution in [-0.2, 0) is 14.3 Å². The molecule has 0 spiro atoms. The Bertz CT molecular complexity index is 306. The van der Waals surface area contributed by atoms with E-state index >= 15 is 0 Å². The SMILES string of the molecule is COC(=O)CCCN(C)C(=O)C1C2CCCC21. The summed E-state index contributed by atoms with van der Waals surface area (Å²) in [4.78, 5) is 24.8. The molecule has 0 radical (unpaired) electrons. The monoisotopic (exact) mass is 239 g/mol. The molecule has 0 heterocycles. The van der Waals surface area contributed by atoms with Crippen LogP contribution in [0, 0.1) is 17.8 Å². The Balaban J connectivity index is 1.68. The number of rotatable bonds is 5. The van der Waals surface area contributed by atoms with Crippen LogP contribution in [0.2, 0.25) is 0 Å². The van der Waals surface area contributed by atoms with Crippen LogP contribution < -0.4 is 0 Å². The van der Waals surface area contributed by atoms with Crippen LogP contribution >= 0.6 is 0 Å². The maximum atomic E-state index is 12.1. The summed E-state index contributed by atoms with van der Waals surface area (Å²) in [6, 6.07) is 0. The lowest BCUT2D eigenvalue weighted by Gasteiger charge is -2.17. The van der Waals surface area contributed by atoms with Crippen molar-refractivity contribution < 1.29 is 14.3 Å². The highest BCUT2D eigenvalue weighted by Gasteiger charge is 2.57. The third kappa shape index (κ3) is 2.61. The molecule has 0 aromatic carbocycles. The predicted octanol–water partition coefficient (Wildman–Crippen LogP) is 1.44. The van der Waals surface area contributed by atoms with Crippen molar-refractivity contribution in [2.75, 3.05) is 20.7 Å². The zero-order chi connectivity index (χ0) is 12.4. The van der Waals surface area contributed by atoms with E-state index in [0.717, 1.165) is 0 Å². The Hall–Kier alpha value is -1.06. The molecule has 2 atom stereocenters. The van der Waals surface area contributed by atoms with Crippen molar-refractivity contribution >= 4 is 11.9 Å². The second-order valence-corrected chi connectivity index (χ2v) is 5.22. The van der Waals surface area contributed by atoms with Gasteiger partial charge >= 0.3 is 5.97 Å². The molecule has 0 aromatic rings. The number of methoxy groups -OCH3 is 1. The topological polar surface area (TPSA) is 46.6 Å². The van der Waals surface area contributed by atoms with Gasteiger partial charge in [0.05, 0.1) is 7.11 Å². The second-order valence-electron chi connectivity index (χ2n) is 5.22. The lowest BCUT2D eigenvalue weighted by Crippen LogP contribution is -2.30. The van der Waals surface area contributed by atoms with Crippen LogP contribution in [0.1, 0.15) is 32.1 Å². The summed E-state index contributed by atoms with van der Waals surface area (Å²) in [6.07, 6.45) is 4.85. The highest BCUT2D eigenvalue weighted by molar-refractivity contribution is 5.82. The van der Waals surface area contributed by atoms with Gasteiger partial charge in [-0.05, 0) is 31.1 Å². The van der Waals surface area contributed by atoms with E-state index < -0.39 is 0 Å². The van der Waals surface area contributed by atoms with Crippen molar-refractivity contribution in [1.82, 2.24) is 4.90 Å². The highest BCUT2D eigenvalue weighted by atomic mass is 16.5. The molecule has 2 rings (SSSR count). The van der Waals surface area contributed by atoms with Gasteiger partial charge in [0.1, 0.15) is 0 Å². The third-order valence-electron chi connectivity index (χ3n) is 4.17. The fourth-order valence-electron chi connectivity index (χ4n) is 3.12. The number of carbonyl (C=O) groups is 2. The van der Waals surface area contributed by atoms with Crippen molar-refractivity contribution in [3.05, 3.63) is 0 Å². The van der Waals surface area contributed by atoms with Crippen LogP contribution in [0.25, 0.3) is 0 Å². The normalized spacial score (nSPS) is 29.6. The lowest BCUT2D eigenvalue weighted by atomic mass is 10.1. The molecule has 96 valence electrons. The number of hydrogen-bond acceptors (Lipinski definition) is 3. The molecular weight excluding hydrogens is 218 g/mol. The van der Waals surface area contributed by atoms with E-state index in [4.69, 9.17) is 0 Å². The summed E-state index contributed by atoms with van der Waals surface area (Å²) < 4.78 is 4.57. The number of amides is 1. The summed E-state index contributed by atoms with van der Waals surface area (Å²) in [7, 11) is 3.23. The summed E-state index contributed by atoms with van der Waals surface area (Å²) in [5.74, 6) is 1.72. The van der Waals surface area contributed by atoms with Gasteiger partial charge in [-0.3, -0.25) is 9.59 Å². The number of carbonyl (C=O) groups excluding carboxylic acids is 2. The molecular formula is C13H21NO3. The van der Waals surface area contributed by atoms with Gasteiger partial charge in [0.15, 0.2) is 0 Å². The Labute approximate surface area is 102 Å². The third-order valence-corrected chi connectivity index (χ3v) is 4.17. The van der Waals surface area contributed by atoms with E-state index in [1.807, 2.05) is 7.05 Å². The number of hydrogen-bond donors (Lipinski definition) is 0. The highest BCUT2D eigenvalue weighted by Crippen LogP contribution is 2.57. The first-order chi connectivity index (χ1) is 8.15. The summed E-state index contributed by atoms with van der Waals surface area (Å²) in [6.45, 7) is 0.657. The van der Waals surface area contributed by atoms with Crippen molar-refractivity contribution in [2.45, 2.75) is 32.1 Å². The van der Waals surface area contributed by atoms with Crippen LogP contribution in [-0.4, -0.2) is 37.5 Å². The summed E-state index contributed by atoms with van der Waals surface area (Å²) in [5, 5.41) is 0. The molecule has 2 unspecified atom stereocenters. The largest absolute Gasteiger partial charge is 0.469 e. The maximum absolute atomic E-state index is 12.1. The Morgan fingerprint density at radius 1 is 1.29 bits per heavy atom. The minimum atomic E-state index is -0.200. The zero-order valence-corrected chi connectivity index (χ0v) is 10.6. The molecule has 4 heteroatoms. The molecule has 0 bridgehead atoms. The minimum Gasteiger partial charge on any atom is -0.469 e. The average Bonchev–Trinajstić information content (AvgIpc) is 2.80. The van der Waals surface area contributed by atoms with Crippen LogP contribution in [0.15, 0.2) is 0 Å². The Morgan fingerprint density at radius 3 is 2.53 bits per heavy atom. The van der Waals surface area contributed by atoms with Gasteiger partial charge < -0.3 is 9.64 Å². The first-order valence-corrected chi connectivity index (χ1v) is 6.47. The number of fused-ring (bicyclic) bond motifs is 1. The maximum Gasteiger partial charge on any atom is 0.305 e. The van der Waals surface area contributed by atoms with E-state index in [1.54, 1.807) is 4.90 Å². The van der Waals surface area contributed by atoms with E-state index in [0.29, 0.717) is 37.1 Å². The zero-order valence-electron chi connectivity index (χ0n) is 10.6. The molecule has 0 saturated heterocycles. The molecule has 0 aliphatic heterocycles. The molecule has 2 aliphatic carbocycles. The standard InChI is InChI=1S/C13H21NO3/c1-14(8-4-7-11(15)17-2)13(16)12-9-5-3-6-10(9)12/h9-10,12H,3-8H2,1-2H3. The molecule has 4 nitrogen and oxygen atoms in total. The van der Waals surface area contributed by atoms with E-state index in [2.05, 4.69) is 4.74 Å². The van der Waals surface area contributed by atoms with Gasteiger partial charge in [-0.1, -0.05) is 6.42 Å². The minimum absolute atomic E-state index is 0.200. The van der Waals surface area contributed by atoms with Gasteiger partial charge in [-0.15, -0.1) is 0 Å². The van der Waals surface area contributed by atoms with Gasteiger partial charge in [0, 0.05) is 25.9 Å². The molecule has 0 N–H and O–H groups in total. The number of nitrogens with zero attached hydrogens (tertiary/aromatic N) is 1. The molecule has 2 saturated carbocycles. The Morgan fingerprint density at radius 2 is 1.94 bits per heavy atom. The second kappa shape index (κ2) is 5.07. The van der Waals surface area contributed by atoms with E-state index in [1.165, 1.54) is 26.4 Å². The van der Waals surface area contributed by atoms with Gasteiger partial charge in [0.2, 0.25) is 5.91 Å². The van der Waals surface area contributed by atoms with Crippen molar-refractivity contribution in [3.63, 3.8) is 0 Å². The molecule has 1 amide bonds. The van der Waals surface area contributed by atoms with E-state index in [-0.39, 0.29) is 11.9 Å². The van der Waals surface area contributed by atoms with Crippen molar-refractivity contribution in [3.8, 4) is 0 Å². The lowest BCUT2D eigenvalue weighted by molar-refractivity contribution is -0.141. The smallest absolute Gasteiger partial charge is 0.305 e. The first-order valence-electron chi connectivity index (χ1n) is 6.47. The van der Waals surface area contributed by atoms with Crippen LogP contribution in [0.5, 0.6) is 0 Å². The van der Waals surface area contributed by atoms with E-state index in [9.17, 15) is 9.59 Å². The average molecular weight is 239 g/mol. The number of esters is 1. The molecule has 17 heavy (non-hydrogen) atoms. The van der Waals surface area contributed by atoms with Gasteiger partial charge in [-0.25, -0.2) is 0 Å². The Kier molecular flexibility index (Phi) is 3.69. The number of ether oxygens (including phenoxy) is 1. The van der Waals surface area contributed by atoms with Crippen molar-refractivity contribution in [1.29, 1.82) is 0 Å². The molecule has 2 aliphatic rings. The van der Waals surface area contributed by atoms with Gasteiger partial charge in [0.25, 0.3) is 0 Å². The fourth-order valence-corrected chi connectivity index (χ4v) is 3.12. The molecule has 0 aromatic heterocycles. The quantitative estimate of drug-likeness (QED) is 0.682. The molecule has 2 fully saturated rings. The van der Waals surface area contributed by atoms with Gasteiger partial charge in [-0.2, -0.15) is 0 Å².